The number of aliphatic hydroxyl groups is 1. The van der Waals surface area contributed by atoms with Crippen molar-refractivity contribution < 1.29 is 13.5 Å². The van der Waals surface area contributed by atoms with Crippen LogP contribution in [0.1, 0.15) is 19.4 Å². The van der Waals surface area contributed by atoms with Gasteiger partial charge in [-0.2, -0.15) is 0 Å². The van der Waals surface area contributed by atoms with Crippen molar-refractivity contribution in [1.29, 1.82) is 0 Å². The zero-order valence-electron chi connectivity index (χ0n) is 7.93. The van der Waals surface area contributed by atoms with Crippen LogP contribution in [0, 0.1) is 0 Å². The predicted molar refractivity (Wildman–Crippen MR) is 50.9 cm³/mol. The molecule has 0 aliphatic heterocycles. The SMILES string of the molecule is CC(C)(O)c1cncc(S(N)(=O)=O)c1. The van der Waals surface area contributed by atoms with Crippen molar-refractivity contribution in [3.05, 3.63) is 24.0 Å². The molecular formula is C8H12N2O3S. The molecule has 1 aromatic rings. The van der Waals surface area contributed by atoms with Gasteiger partial charge in [-0.1, -0.05) is 0 Å². The summed E-state index contributed by atoms with van der Waals surface area (Å²) in [6, 6.07) is 1.31. The second-order valence-corrected chi connectivity index (χ2v) is 5.07. The molecule has 0 aliphatic carbocycles. The molecule has 0 aromatic carbocycles. The highest BCUT2D eigenvalue weighted by atomic mass is 32.2. The van der Waals surface area contributed by atoms with E-state index in [4.69, 9.17) is 5.14 Å². The van der Waals surface area contributed by atoms with E-state index in [1.807, 2.05) is 0 Å². The first-order valence-corrected chi connectivity index (χ1v) is 5.46. The zero-order chi connectivity index (χ0) is 11.0. The van der Waals surface area contributed by atoms with Crippen LogP contribution in [0.3, 0.4) is 0 Å². The number of rotatable bonds is 2. The minimum absolute atomic E-state index is 0.0999. The Morgan fingerprint density at radius 1 is 1.43 bits per heavy atom. The highest BCUT2D eigenvalue weighted by Crippen LogP contribution is 2.20. The van der Waals surface area contributed by atoms with Gasteiger partial charge < -0.3 is 5.11 Å². The highest BCUT2D eigenvalue weighted by Gasteiger charge is 2.18. The van der Waals surface area contributed by atoms with Crippen LogP contribution in [-0.2, 0) is 15.6 Å². The number of nitrogens with zero attached hydrogens (tertiary/aromatic N) is 1. The third-order valence-electron chi connectivity index (χ3n) is 1.75. The van der Waals surface area contributed by atoms with E-state index in [2.05, 4.69) is 4.98 Å². The number of aromatic nitrogens is 1. The fourth-order valence-corrected chi connectivity index (χ4v) is 1.41. The first kappa shape index (κ1) is 11.1. The van der Waals surface area contributed by atoms with E-state index >= 15 is 0 Å². The summed E-state index contributed by atoms with van der Waals surface area (Å²) in [5.74, 6) is 0. The average molecular weight is 216 g/mol. The molecule has 5 nitrogen and oxygen atoms in total. The maximum Gasteiger partial charge on any atom is 0.239 e. The van der Waals surface area contributed by atoms with Crippen LogP contribution in [-0.4, -0.2) is 18.5 Å². The second-order valence-electron chi connectivity index (χ2n) is 3.51. The molecule has 0 amide bonds. The van der Waals surface area contributed by atoms with Crippen molar-refractivity contribution in [2.75, 3.05) is 0 Å². The Balaban J connectivity index is 3.29. The quantitative estimate of drug-likeness (QED) is 0.725. The van der Waals surface area contributed by atoms with Gasteiger partial charge in [0.1, 0.15) is 4.90 Å². The minimum atomic E-state index is -3.76. The minimum Gasteiger partial charge on any atom is -0.386 e. The Labute approximate surface area is 82.6 Å². The molecule has 0 fully saturated rings. The lowest BCUT2D eigenvalue weighted by atomic mass is 10.0. The van der Waals surface area contributed by atoms with E-state index in [9.17, 15) is 13.5 Å². The number of primary sulfonamides is 1. The fraction of sp³-hybridized carbons (Fsp3) is 0.375. The van der Waals surface area contributed by atoms with Crippen molar-refractivity contribution in [2.24, 2.45) is 5.14 Å². The van der Waals surface area contributed by atoms with Gasteiger partial charge in [-0.3, -0.25) is 4.98 Å². The Hall–Kier alpha value is -0.980. The van der Waals surface area contributed by atoms with E-state index < -0.39 is 15.6 Å². The van der Waals surface area contributed by atoms with E-state index in [1.54, 1.807) is 0 Å². The predicted octanol–water partition coefficient (Wildman–Crippen LogP) is -0.0436. The topological polar surface area (TPSA) is 93.3 Å². The lowest BCUT2D eigenvalue weighted by Crippen LogP contribution is -2.18. The standard InChI is InChI=1S/C8H12N2O3S/c1-8(2,11)6-3-7(5-10-4-6)14(9,12)13/h3-5,11H,1-2H3,(H2,9,12,13). The highest BCUT2D eigenvalue weighted by molar-refractivity contribution is 7.89. The Bertz CT molecular complexity index is 434. The molecule has 0 saturated carbocycles. The maximum atomic E-state index is 11.0. The van der Waals surface area contributed by atoms with E-state index in [1.165, 1.54) is 26.1 Å². The molecule has 6 heteroatoms. The van der Waals surface area contributed by atoms with Gasteiger partial charge in [0.25, 0.3) is 0 Å². The van der Waals surface area contributed by atoms with E-state index in [0.29, 0.717) is 5.56 Å². The van der Waals surface area contributed by atoms with Crippen LogP contribution >= 0.6 is 0 Å². The van der Waals surface area contributed by atoms with Gasteiger partial charge in [0.2, 0.25) is 10.0 Å². The number of nitrogens with two attached hydrogens (primary N) is 1. The van der Waals surface area contributed by atoms with Crippen LogP contribution in [0.4, 0.5) is 0 Å². The van der Waals surface area contributed by atoms with Gasteiger partial charge >= 0.3 is 0 Å². The van der Waals surface area contributed by atoms with Crippen LogP contribution in [0.25, 0.3) is 0 Å². The van der Waals surface area contributed by atoms with Crippen molar-refractivity contribution in [3.63, 3.8) is 0 Å². The van der Waals surface area contributed by atoms with Gasteiger partial charge in [-0.05, 0) is 19.9 Å². The van der Waals surface area contributed by atoms with Crippen molar-refractivity contribution in [1.82, 2.24) is 4.98 Å². The normalized spacial score (nSPS) is 12.9. The zero-order valence-corrected chi connectivity index (χ0v) is 8.75. The summed E-state index contributed by atoms with van der Waals surface area (Å²) in [6.45, 7) is 3.08. The molecule has 3 N–H and O–H groups in total. The molecule has 78 valence electrons. The molecule has 1 heterocycles. The molecule has 0 spiro atoms. The van der Waals surface area contributed by atoms with Crippen LogP contribution in [0.5, 0.6) is 0 Å². The molecule has 1 aromatic heterocycles. The van der Waals surface area contributed by atoms with Crippen molar-refractivity contribution >= 4 is 10.0 Å². The Morgan fingerprint density at radius 3 is 2.43 bits per heavy atom. The summed E-state index contributed by atoms with van der Waals surface area (Å²) < 4.78 is 21.9. The van der Waals surface area contributed by atoms with Crippen LogP contribution in [0.2, 0.25) is 0 Å². The number of pyridine rings is 1. The summed E-state index contributed by atoms with van der Waals surface area (Å²) in [4.78, 5) is 3.60. The maximum absolute atomic E-state index is 11.0. The molecule has 0 saturated heterocycles. The molecule has 0 radical (unpaired) electrons. The van der Waals surface area contributed by atoms with E-state index in [0.717, 1.165) is 6.20 Å². The third-order valence-corrected chi connectivity index (χ3v) is 2.63. The van der Waals surface area contributed by atoms with Crippen LogP contribution in [0.15, 0.2) is 23.4 Å². The van der Waals surface area contributed by atoms with Gasteiger partial charge in [-0.15, -0.1) is 0 Å². The van der Waals surface area contributed by atoms with Crippen LogP contribution < -0.4 is 5.14 Å². The van der Waals surface area contributed by atoms with E-state index in [-0.39, 0.29) is 4.90 Å². The third kappa shape index (κ3) is 2.50. The van der Waals surface area contributed by atoms with Crippen molar-refractivity contribution in [2.45, 2.75) is 24.3 Å². The van der Waals surface area contributed by atoms with Crippen molar-refractivity contribution in [3.8, 4) is 0 Å². The summed E-state index contributed by atoms with van der Waals surface area (Å²) in [5, 5.41) is 14.5. The fourth-order valence-electron chi connectivity index (χ4n) is 0.909. The summed E-state index contributed by atoms with van der Waals surface area (Å²) in [5.41, 5.74) is -0.725. The molecule has 0 aliphatic rings. The van der Waals surface area contributed by atoms with Gasteiger partial charge in [0.15, 0.2) is 0 Å². The van der Waals surface area contributed by atoms with Gasteiger partial charge in [0, 0.05) is 18.0 Å². The lowest BCUT2D eigenvalue weighted by Gasteiger charge is -2.17. The van der Waals surface area contributed by atoms with Gasteiger partial charge in [-0.25, -0.2) is 13.6 Å². The first-order chi connectivity index (χ1) is 6.21. The van der Waals surface area contributed by atoms with Gasteiger partial charge in [0.05, 0.1) is 5.60 Å². The first-order valence-electron chi connectivity index (χ1n) is 3.92. The second kappa shape index (κ2) is 3.30. The summed E-state index contributed by atoms with van der Waals surface area (Å²) in [6.07, 6.45) is 2.54. The smallest absolute Gasteiger partial charge is 0.239 e. The molecule has 0 unspecified atom stereocenters. The largest absolute Gasteiger partial charge is 0.386 e. The average Bonchev–Trinajstić information content (AvgIpc) is 2.01. The molecular weight excluding hydrogens is 204 g/mol. The molecule has 0 bridgehead atoms. The summed E-state index contributed by atoms with van der Waals surface area (Å²) >= 11 is 0. The number of hydrogen-bond donors (Lipinski definition) is 2. The molecule has 14 heavy (non-hydrogen) atoms. The number of sulfonamides is 1. The summed E-state index contributed by atoms with van der Waals surface area (Å²) in [7, 11) is -3.76. The lowest BCUT2D eigenvalue weighted by molar-refractivity contribution is 0.0780. The molecule has 0 atom stereocenters. The monoisotopic (exact) mass is 216 g/mol. The Morgan fingerprint density at radius 2 is 2.00 bits per heavy atom. The number of hydrogen-bond acceptors (Lipinski definition) is 4. The Kier molecular flexibility index (Phi) is 2.62. The molecule has 1 rings (SSSR count).